The SMILES string of the molecule is CCCCCCCCCCCCCCCC(=O)N(C)[C@H](COCc1ccccc1)C(=O)N[C@H](C)C(=O)CCC(O)N(C)[C@@H]1C(=O)C[C@@H](C)C(=O)N[C@H](C(=O)O)Cc2ccc(C)c(c2)-c2cc1ccc2C. The normalized spacial score (nSPS) is 17.5. The summed E-state index contributed by atoms with van der Waals surface area (Å²) in [7, 11) is 3.19. The molecule has 3 aromatic rings. The lowest BCUT2D eigenvalue weighted by molar-refractivity contribution is -0.142. The summed E-state index contributed by atoms with van der Waals surface area (Å²) in [6, 6.07) is 16.6. The lowest BCUT2D eigenvalue weighted by Gasteiger charge is -2.33. The molecular weight excluding hydrogens is 885 g/mol. The van der Waals surface area contributed by atoms with Gasteiger partial charge in [0.25, 0.3) is 0 Å². The van der Waals surface area contributed by atoms with E-state index in [1.54, 1.807) is 27.9 Å². The third kappa shape index (κ3) is 18.2. The summed E-state index contributed by atoms with van der Waals surface area (Å²) in [4.78, 5) is 83.9. The molecule has 70 heavy (non-hydrogen) atoms. The average molecular weight is 967 g/mol. The summed E-state index contributed by atoms with van der Waals surface area (Å²) < 4.78 is 5.98. The summed E-state index contributed by atoms with van der Waals surface area (Å²) in [6.45, 7) is 9.44. The molecule has 4 N–H and O–H groups in total. The number of aliphatic hydroxyl groups excluding tert-OH is 1. The molecule has 0 fully saturated rings. The fraction of sp³-hybridized carbons (Fsp3) is 0.579. The van der Waals surface area contributed by atoms with Gasteiger partial charge in [-0.3, -0.25) is 28.9 Å². The van der Waals surface area contributed by atoms with Gasteiger partial charge in [0.2, 0.25) is 17.7 Å². The smallest absolute Gasteiger partial charge is 0.326 e. The molecule has 4 rings (SSSR count). The minimum atomic E-state index is -1.29. The van der Waals surface area contributed by atoms with E-state index in [4.69, 9.17) is 4.74 Å². The van der Waals surface area contributed by atoms with Crippen LogP contribution in [0.2, 0.25) is 0 Å². The Morgan fingerprint density at radius 3 is 1.99 bits per heavy atom. The van der Waals surface area contributed by atoms with E-state index in [2.05, 4.69) is 17.6 Å². The zero-order valence-corrected chi connectivity index (χ0v) is 43.1. The van der Waals surface area contributed by atoms with Gasteiger partial charge in [-0.25, -0.2) is 4.79 Å². The Balaban J connectivity index is 1.39. The standard InChI is InChI=1S/C57H82N4O9/c1-8-9-10-11-12-13-14-15-16-17-18-19-23-26-52(64)60(6)49(38-70-37-43-24-21-20-22-25-43)56(67)58-42(5)50(62)31-32-53(65)61(7)54-45-30-28-40(3)47(36-45)46-34-44(29-27-39(46)2)35-48(57(68)69)59-55(66)41(4)33-51(54)63/h20-22,24-25,27-30,34,36,41-42,48-49,53-54,65H,8-19,23,26,31-33,35,37-38H2,1-7H3,(H,58,67)(H,59,66)(H,68,69)/t41-,42-,48+,49-,53?,54+/m1/s1. The van der Waals surface area contributed by atoms with Crippen LogP contribution in [0.3, 0.4) is 0 Å². The second-order valence-electron chi connectivity index (χ2n) is 19.7. The molecule has 0 aliphatic carbocycles. The molecule has 0 radical (unpaired) electrons. The van der Waals surface area contributed by atoms with Crippen molar-refractivity contribution >= 4 is 35.3 Å². The first-order valence-electron chi connectivity index (χ1n) is 25.9. The van der Waals surface area contributed by atoms with Crippen molar-refractivity contribution in [2.75, 3.05) is 20.7 Å². The number of rotatable bonds is 28. The highest BCUT2D eigenvalue weighted by Crippen LogP contribution is 2.34. The Labute approximate surface area is 417 Å². The molecule has 1 aliphatic rings. The van der Waals surface area contributed by atoms with E-state index in [0.717, 1.165) is 59.1 Å². The van der Waals surface area contributed by atoms with Crippen LogP contribution < -0.4 is 10.6 Å². The number of aliphatic hydroxyl groups is 1. The molecule has 0 saturated carbocycles. The third-order valence-corrected chi connectivity index (χ3v) is 13.9. The monoisotopic (exact) mass is 967 g/mol. The maximum Gasteiger partial charge on any atom is 0.326 e. The number of Topliss-reactive ketones (excluding diaryl/α,β-unsaturated/α-hetero) is 2. The molecule has 6 atom stereocenters. The van der Waals surface area contributed by atoms with Gasteiger partial charge in [0, 0.05) is 38.6 Å². The van der Waals surface area contributed by atoms with Gasteiger partial charge in [-0.1, -0.05) is 152 Å². The molecule has 4 bridgehead atoms. The number of fused-ring (bicyclic) bond motifs is 5. The number of hydrogen-bond donors (Lipinski definition) is 4. The van der Waals surface area contributed by atoms with Crippen LogP contribution in [0.4, 0.5) is 0 Å². The van der Waals surface area contributed by atoms with E-state index >= 15 is 0 Å². The third-order valence-electron chi connectivity index (χ3n) is 13.9. The second-order valence-corrected chi connectivity index (χ2v) is 19.7. The van der Waals surface area contributed by atoms with Crippen LogP contribution in [0.15, 0.2) is 66.7 Å². The maximum absolute atomic E-state index is 14.3. The van der Waals surface area contributed by atoms with E-state index < -0.39 is 54.1 Å². The summed E-state index contributed by atoms with van der Waals surface area (Å²) >= 11 is 0. The van der Waals surface area contributed by atoms with Crippen LogP contribution in [-0.4, -0.2) is 100 Å². The number of carbonyl (C=O) groups is 6. The number of amides is 3. The van der Waals surface area contributed by atoms with Crippen molar-refractivity contribution in [1.29, 1.82) is 0 Å². The first-order valence-corrected chi connectivity index (χ1v) is 25.9. The summed E-state index contributed by atoms with van der Waals surface area (Å²) in [5.74, 6) is -4.06. The van der Waals surface area contributed by atoms with Crippen LogP contribution in [0.5, 0.6) is 0 Å². The first kappa shape index (κ1) is 57.3. The molecule has 0 aromatic heterocycles. The van der Waals surface area contributed by atoms with Crippen molar-refractivity contribution in [2.45, 2.75) is 187 Å². The number of aliphatic carboxylic acids is 1. The highest BCUT2D eigenvalue weighted by Gasteiger charge is 2.34. The lowest BCUT2D eigenvalue weighted by atomic mass is 9.87. The Kier molecular flexibility index (Phi) is 24.4. The number of nitrogens with zero attached hydrogens (tertiary/aromatic N) is 2. The maximum atomic E-state index is 14.3. The Morgan fingerprint density at radius 1 is 0.786 bits per heavy atom. The van der Waals surface area contributed by atoms with Gasteiger partial charge in [0.1, 0.15) is 18.3 Å². The van der Waals surface area contributed by atoms with Crippen molar-refractivity contribution in [2.24, 2.45) is 5.92 Å². The number of ketones is 2. The topological polar surface area (TPSA) is 183 Å². The quantitative estimate of drug-likeness (QED) is 0.0404. The van der Waals surface area contributed by atoms with E-state index in [0.29, 0.717) is 12.0 Å². The molecule has 1 unspecified atom stereocenters. The molecule has 0 saturated heterocycles. The van der Waals surface area contributed by atoms with Crippen LogP contribution in [-0.2, 0) is 46.5 Å². The molecule has 3 amide bonds. The molecule has 1 heterocycles. The van der Waals surface area contributed by atoms with Crippen molar-refractivity contribution in [3.63, 3.8) is 0 Å². The molecule has 13 heteroatoms. The van der Waals surface area contributed by atoms with E-state index in [-0.39, 0.29) is 56.4 Å². The van der Waals surface area contributed by atoms with Crippen LogP contribution >= 0.6 is 0 Å². The average Bonchev–Trinajstić information content (AvgIpc) is 3.33. The molecular formula is C57H82N4O9. The van der Waals surface area contributed by atoms with E-state index in [9.17, 15) is 39.0 Å². The van der Waals surface area contributed by atoms with Gasteiger partial charge >= 0.3 is 5.97 Å². The number of carboxylic acid groups (broad SMARTS) is 1. The van der Waals surface area contributed by atoms with E-state index in [1.165, 1.54) is 67.6 Å². The highest BCUT2D eigenvalue weighted by atomic mass is 16.5. The number of unbranched alkanes of at least 4 members (excludes halogenated alkanes) is 12. The number of ether oxygens (including phenoxy) is 1. The van der Waals surface area contributed by atoms with Crippen LogP contribution in [0.25, 0.3) is 11.1 Å². The fourth-order valence-electron chi connectivity index (χ4n) is 9.21. The number of aryl methyl sites for hydroxylation is 2. The van der Waals surface area contributed by atoms with Gasteiger partial charge in [-0.05, 0) is 85.7 Å². The highest BCUT2D eigenvalue weighted by molar-refractivity contribution is 5.93. The Hall–Kier alpha value is -5.24. The molecule has 3 aromatic carbocycles. The zero-order valence-electron chi connectivity index (χ0n) is 43.1. The number of likely N-dealkylation sites (N-methyl/N-ethyl adjacent to an activating group) is 2. The van der Waals surface area contributed by atoms with Gasteiger partial charge < -0.3 is 30.5 Å². The van der Waals surface area contributed by atoms with Crippen molar-refractivity contribution in [3.05, 3.63) is 94.5 Å². The van der Waals surface area contributed by atoms with Gasteiger partial charge in [-0.15, -0.1) is 0 Å². The molecule has 13 nitrogen and oxygen atoms in total. The number of nitrogens with one attached hydrogen (secondary N) is 2. The number of hydrogen-bond acceptors (Lipinski definition) is 9. The van der Waals surface area contributed by atoms with Gasteiger partial charge in [0.15, 0.2) is 11.6 Å². The zero-order chi connectivity index (χ0) is 51.2. The predicted octanol–water partition coefficient (Wildman–Crippen LogP) is 9.36. The summed E-state index contributed by atoms with van der Waals surface area (Å²) in [5, 5.41) is 27.1. The van der Waals surface area contributed by atoms with Crippen LogP contribution in [0.1, 0.15) is 164 Å². The Morgan fingerprint density at radius 2 is 1.37 bits per heavy atom. The molecule has 0 spiro atoms. The number of benzene rings is 3. The lowest BCUT2D eigenvalue weighted by Crippen LogP contribution is -2.53. The fourth-order valence-corrected chi connectivity index (χ4v) is 9.21. The minimum Gasteiger partial charge on any atom is -0.480 e. The molecule has 384 valence electrons. The molecule has 1 aliphatic heterocycles. The van der Waals surface area contributed by atoms with E-state index in [1.807, 2.05) is 80.6 Å². The van der Waals surface area contributed by atoms with Crippen LogP contribution in [0, 0.1) is 19.8 Å². The Bertz CT molecular complexity index is 2160. The van der Waals surface area contributed by atoms with Gasteiger partial charge in [0.05, 0.1) is 25.3 Å². The first-order chi connectivity index (χ1) is 33.5. The van der Waals surface area contributed by atoms with Crippen molar-refractivity contribution < 1.29 is 43.7 Å². The second kappa shape index (κ2) is 29.8. The predicted molar refractivity (Wildman–Crippen MR) is 275 cm³/mol. The summed E-state index contributed by atoms with van der Waals surface area (Å²) in [6.07, 6.45) is 14.2. The largest absolute Gasteiger partial charge is 0.480 e. The summed E-state index contributed by atoms with van der Waals surface area (Å²) in [5.41, 5.74) is 5.79. The van der Waals surface area contributed by atoms with Crippen molar-refractivity contribution in [3.8, 4) is 11.1 Å². The number of carbonyl (C=O) groups excluding carboxylic acids is 5. The minimum absolute atomic E-state index is 0.0619. The van der Waals surface area contributed by atoms with Gasteiger partial charge in [-0.2, -0.15) is 0 Å². The van der Waals surface area contributed by atoms with Crippen molar-refractivity contribution in [1.82, 2.24) is 20.4 Å². The number of carboxylic acids is 1.